The van der Waals surface area contributed by atoms with Gasteiger partial charge in [-0.25, -0.2) is 0 Å². The molecular formula is C23H16ClNO4. The van der Waals surface area contributed by atoms with Gasteiger partial charge in [-0.3, -0.25) is 9.59 Å². The number of fused-ring (bicyclic) bond motifs is 1. The standard InChI is InChI=1S/C23H16ClNO4/c24-20-12-21-16(10-18(20)14-4-6-17(26)7-5-14)11-19(23(29)25-21)15-3-1-2-13(8-15)9-22(27)28/h1-8,10-12,26H,9H2,(H,25,29)(H,27,28). The number of aromatic amines is 1. The van der Waals surface area contributed by atoms with Gasteiger partial charge in [0.1, 0.15) is 5.75 Å². The lowest BCUT2D eigenvalue weighted by atomic mass is 9.99. The van der Waals surface area contributed by atoms with Crippen LogP contribution >= 0.6 is 11.6 Å². The molecule has 0 bridgehead atoms. The van der Waals surface area contributed by atoms with Gasteiger partial charge >= 0.3 is 5.97 Å². The van der Waals surface area contributed by atoms with Crippen LogP contribution in [0.1, 0.15) is 5.56 Å². The minimum Gasteiger partial charge on any atom is -0.508 e. The highest BCUT2D eigenvalue weighted by Gasteiger charge is 2.11. The van der Waals surface area contributed by atoms with E-state index in [0.29, 0.717) is 27.2 Å². The van der Waals surface area contributed by atoms with Gasteiger partial charge in [0.25, 0.3) is 5.56 Å². The number of carboxylic acid groups (broad SMARTS) is 1. The van der Waals surface area contributed by atoms with E-state index in [0.717, 1.165) is 16.5 Å². The normalized spacial score (nSPS) is 10.9. The number of aromatic nitrogens is 1. The summed E-state index contributed by atoms with van der Waals surface area (Å²) in [6.45, 7) is 0. The average Bonchev–Trinajstić information content (AvgIpc) is 2.67. The fraction of sp³-hybridized carbons (Fsp3) is 0.0435. The van der Waals surface area contributed by atoms with Crippen molar-refractivity contribution in [1.82, 2.24) is 4.98 Å². The number of halogens is 1. The van der Waals surface area contributed by atoms with Gasteiger partial charge in [-0.05, 0) is 52.4 Å². The first-order valence-corrected chi connectivity index (χ1v) is 9.25. The molecule has 0 aliphatic heterocycles. The molecule has 0 aliphatic rings. The molecule has 3 aromatic carbocycles. The zero-order valence-corrected chi connectivity index (χ0v) is 15.9. The van der Waals surface area contributed by atoms with Crippen molar-refractivity contribution in [2.24, 2.45) is 0 Å². The van der Waals surface area contributed by atoms with E-state index >= 15 is 0 Å². The monoisotopic (exact) mass is 405 g/mol. The van der Waals surface area contributed by atoms with E-state index in [1.807, 2.05) is 6.07 Å². The number of H-pyrrole nitrogens is 1. The number of carbonyl (C=O) groups is 1. The number of phenols is 1. The Morgan fingerprint density at radius 2 is 1.66 bits per heavy atom. The first-order valence-electron chi connectivity index (χ1n) is 8.88. The first kappa shape index (κ1) is 18.8. The smallest absolute Gasteiger partial charge is 0.307 e. The van der Waals surface area contributed by atoms with Crippen LogP contribution in [0.3, 0.4) is 0 Å². The van der Waals surface area contributed by atoms with Crippen molar-refractivity contribution < 1.29 is 15.0 Å². The van der Waals surface area contributed by atoms with Crippen molar-refractivity contribution in [3.8, 4) is 28.0 Å². The van der Waals surface area contributed by atoms with Gasteiger partial charge in [0.2, 0.25) is 0 Å². The number of carboxylic acids is 1. The Labute approximate surface area is 170 Å². The van der Waals surface area contributed by atoms with Gasteiger partial charge in [0, 0.05) is 16.6 Å². The number of aromatic hydroxyl groups is 1. The third-order valence-corrected chi connectivity index (χ3v) is 5.02. The van der Waals surface area contributed by atoms with E-state index in [-0.39, 0.29) is 17.7 Å². The Kier molecular flexibility index (Phi) is 4.82. The van der Waals surface area contributed by atoms with Gasteiger partial charge in [-0.1, -0.05) is 48.0 Å². The van der Waals surface area contributed by atoms with E-state index in [1.54, 1.807) is 60.7 Å². The molecule has 5 nitrogen and oxygen atoms in total. The highest BCUT2D eigenvalue weighted by molar-refractivity contribution is 6.34. The molecule has 1 aromatic heterocycles. The summed E-state index contributed by atoms with van der Waals surface area (Å²) in [7, 11) is 0. The number of pyridine rings is 1. The summed E-state index contributed by atoms with van der Waals surface area (Å²) in [6, 6.07) is 19.0. The van der Waals surface area contributed by atoms with Crippen LogP contribution < -0.4 is 5.56 Å². The van der Waals surface area contributed by atoms with E-state index < -0.39 is 5.97 Å². The highest BCUT2D eigenvalue weighted by Crippen LogP contribution is 2.33. The van der Waals surface area contributed by atoms with Crippen molar-refractivity contribution in [3.63, 3.8) is 0 Å². The Bertz CT molecular complexity index is 1290. The van der Waals surface area contributed by atoms with Gasteiger partial charge in [0.15, 0.2) is 0 Å². The average molecular weight is 406 g/mol. The Morgan fingerprint density at radius 3 is 2.38 bits per heavy atom. The van der Waals surface area contributed by atoms with Crippen molar-refractivity contribution in [2.45, 2.75) is 6.42 Å². The maximum Gasteiger partial charge on any atom is 0.307 e. The molecule has 144 valence electrons. The lowest BCUT2D eigenvalue weighted by Crippen LogP contribution is -2.09. The fourth-order valence-electron chi connectivity index (χ4n) is 3.33. The molecule has 0 spiro atoms. The van der Waals surface area contributed by atoms with Crippen molar-refractivity contribution >= 4 is 28.5 Å². The van der Waals surface area contributed by atoms with Gasteiger partial charge in [-0.2, -0.15) is 0 Å². The van der Waals surface area contributed by atoms with Crippen molar-refractivity contribution in [2.75, 3.05) is 0 Å². The molecule has 29 heavy (non-hydrogen) atoms. The molecule has 0 radical (unpaired) electrons. The molecule has 0 amide bonds. The van der Waals surface area contributed by atoms with Gasteiger partial charge in [0.05, 0.1) is 11.4 Å². The number of nitrogens with one attached hydrogen (secondary N) is 1. The zero-order valence-electron chi connectivity index (χ0n) is 15.1. The third-order valence-electron chi connectivity index (χ3n) is 4.70. The van der Waals surface area contributed by atoms with Crippen LogP contribution in [0.2, 0.25) is 5.02 Å². The van der Waals surface area contributed by atoms with Crippen molar-refractivity contribution in [3.05, 3.63) is 87.7 Å². The molecule has 0 saturated heterocycles. The second kappa shape index (κ2) is 7.45. The molecule has 0 saturated carbocycles. The molecule has 1 heterocycles. The van der Waals surface area contributed by atoms with E-state index in [2.05, 4.69) is 4.98 Å². The quantitative estimate of drug-likeness (QED) is 0.452. The highest BCUT2D eigenvalue weighted by atomic mass is 35.5. The molecule has 0 aliphatic carbocycles. The lowest BCUT2D eigenvalue weighted by Gasteiger charge is -2.10. The lowest BCUT2D eigenvalue weighted by molar-refractivity contribution is -0.136. The number of rotatable bonds is 4. The molecule has 0 atom stereocenters. The summed E-state index contributed by atoms with van der Waals surface area (Å²) < 4.78 is 0. The maximum atomic E-state index is 12.6. The largest absolute Gasteiger partial charge is 0.508 e. The summed E-state index contributed by atoms with van der Waals surface area (Å²) in [6.07, 6.45) is -0.111. The Hall–Kier alpha value is -3.57. The summed E-state index contributed by atoms with van der Waals surface area (Å²) in [5, 5.41) is 19.8. The van der Waals surface area contributed by atoms with Gasteiger partial charge in [-0.15, -0.1) is 0 Å². The summed E-state index contributed by atoms with van der Waals surface area (Å²) >= 11 is 6.42. The molecule has 4 rings (SSSR count). The molecule has 3 N–H and O–H groups in total. The Balaban J connectivity index is 1.85. The predicted molar refractivity (Wildman–Crippen MR) is 113 cm³/mol. The van der Waals surface area contributed by atoms with Crippen LogP contribution in [-0.2, 0) is 11.2 Å². The summed E-state index contributed by atoms with van der Waals surface area (Å²) in [5.74, 6) is -0.763. The Morgan fingerprint density at radius 1 is 0.931 bits per heavy atom. The summed E-state index contributed by atoms with van der Waals surface area (Å²) in [4.78, 5) is 26.5. The van der Waals surface area contributed by atoms with Crippen LogP contribution in [-0.4, -0.2) is 21.2 Å². The number of phenolic OH excluding ortho intramolecular Hbond substituents is 1. The van der Waals surface area contributed by atoms with Crippen LogP contribution in [0, 0.1) is 0 Å². The van der Waals surface area contributed by atoms with Crippen LogP contribution in [0.5, 0.6) is 5.75 Å². The summed E-state index contributed by atoms with van der Waals surface area (Å²) in [5.41, 5.74) is 3.65. The topological polar surface area (TPSA) is 90.4 Å². The molecular weight excluding hydrogens is 390 g/mol. The predicted octanol–water partition coefficient (Wildman–Crippen LogP) is 4.85. The van der Waals surface area contributed by atoms with E-state index in [9.17, 15) is 14.7 Å². The number of benzene rings is 3. The second-order valence-electron chi connectivity index (χ2n) is 6.75. The number of hydrogen-bond acceptors (Lipinski definition) is 3. The molecule has 0 unspecified atom stereocenters. The van der Waals surface area contributed by atoms with Gasteiger partial charge < -0.3 is 15.2 Å². The second-order valence-corrected chi connectivity index (χ2v) is 7.16. The number of aliphatic carboxylic acids is 1. The molecule has 4 aromatic rings. The molecule has 6 heteroatoms. The maximum absolute atomic E-state index is 12.6. The molecule has 0 fully saturated rings. The minimum atomic E-state index is -0.928. The van der Waals surface area contributed by atoms with Crippen molar-refractivity contribution in [1.29, 1.82) is 0 Å². The first-order chi connectivity index (χ1) is 13.9. The SMILES string of the molecule is O=C(O)Cc1cccc(-c2cc3cc(-c4ccc(O)cc4)c(Cl)cc3[nH]c2=O)c1. The third kappa shape index (κ3) is 3.86. The van der Waals surface area contributed by atoms with Crippen LogP contribution in [0.25, 0.3) is 33.2 Å². The fourth-order valence-corrected chi connectivity index (χ4v) is 3.60. The van der Waals surface area contributed by atoms with E-state index in [1.165, 1.54) is 0 Å². The van der Waals surface area contributed by atoms with Crippen LogP contribution in [0.4, 0.5) is 0 Å². The minimum absolute atomic E-state index is 0.111. The zero-order chi connectivity index (χ0) is 20.5. The number of hydrogen-bond donors (Lipinski definition) is 3. The van der Waals surface area contributed by atoms with E-state index in [4.69, 9.17) is 16.7 Å². The van der Waals surface area contributed by atoms with Crippen LogP contribution in [0.15, 0.2) is 71.5 Å².